The van der Waals surface area contributed by atoms with E-state index in [-0.39, 0.29) is 24.6 Å². The van der Waals surface area contributed by atoms with Crippen LogP contribution in [0.1, 0.15) is 22.5 Å². The van der Waals surface area contributed by atoms with E-state index in [1.54, 1.807) is 13.2 Å². The third-order valence-corrected chi connectivity index (χ3v) is 4.24. The molecule has 25 heavy (non-hydrogen) atoms. The molecule has 2 amide bonds. The van der Waals surface area contributed by atoms with E-state index in [0.29, 0.717) is 18.2 Å². The number of halogens is 1. The molecule has 0 aliphatic carbocycles. The molecule has 1 aromatic heterocycles. The van der Waals surface area contributed by atoms with Gasteiger partial charge in [0.1, 0.15) is 12.4 Å². The van der Waals surface area contributed by atoms with Gasteiger partial charge in [-0.3, -0.25) is 9.59 Å². The molecule has 134 valence electrons. The summed E-state index contributed by atoms with van der Waals surface area (Å²) in [6.45, 7) is 2.36. The third kappa shape index (κ3) is 5.61. The second-order valence-corrected chi connectivity index (χ2v) is 6.25. The van der Waals surface area contributed by atoms with E-state index in [9.17, 15) is 14.0 Å². The van der Waals surface area contributed by atoms with Gasteiger partial charge in [0.15, 0.2) is 5.13 Å². The number of benzene rings is 1. The molecule has 6 nitrogen and oxygen atoms in total. The van der Waals surface area contributed by atoms with Crippen molar-refractivity contribution in [2.45, 2.75) is 13.3 Å². The first-order valence-electron chi connectivity index (χ1n) is 7.76. The Kier molecular flexibility index (Phi) is 7.03. The number of hydrogen-bond donors (Lipinski definition) is 1. The predicted molar refractivity (Wildman–Crippen MR) is 94.3 cm³/mol. The van der Waals surface area contributed by atoms with Gasteiger partial charge in [0.05, 0.1) is 11.3 Å². The van der Waals surface area contributed by atoms with E-state index in [1.165, 1.54) is 34.4 Å². The maximum atomic E-state index is 13.9. The van der Waals surface area contributed by atoms with Crippen LogP contribution in [-0.4, -0.2) is 48.5 Å². The first-order chi connectivity index (χ1) is 12.0. The van der Waals surface area contributed by atoms with Crippen LogP contribution in [0.3, 0.4) is 0 Å². The second-order valence-electron chi connectivity index (χ2n) is 5.40. The van der Waals surface area contributed by atoms with E-state index in [4.69, 9.17) is 4.74 Å². The SMILES string of the molecule is COCCCN(CC(=O)Nc1nc(C)cs1)C(=O)c1ccccc1F. The highest BCUT2D eigenvalue weighted by Crippen LogP contribution is 2.15. The molecule has 0 atom stereocenters. The van der Waals surface area contributed by atoms with Gasteiger partial charge in [0, 0.05) is 25.6 Å². The van der Waals surface area contributed by atoms with Crippen molar-refractivity contribution in [3.05, 3.63) is 46.7 Å². The number of ether oxygens (including phenoxy) is 1. The summed E-state index contributed by atoms with van der Waals surface area (Å²) in [5.41, 5.74) is 0.748. The summed E-state index contributed by atoms with van der Waals surface area (Å²) >= 11 is 1.31. The zero-order valence-electron chi connectivity index (χ0n) is 14.1. The zero-order chi connectivity index (χ0) is 18.2. The number of aryl methyl sites for hydroxylation is 1. The fraction of sp³-hybridized carbons (Fsp3) is 0.353. The van der Waals surface area contributed by atoms with Gasteiger partial charge in [-0.2, -0.15) is 0 Å². The molecular weight excluding hydrogens is 345 g/mol. The Morgan fingerprint density at radius 1 is 1.36 bits per heavy atom. The van der Waals surface area contributed by atoms with Crippen LogP contribution in [0.25, 0.3) is 0 Å². The molecule has 1 heterocycles. The number of hydrogen-bond acceptors (Lipinski definition) is 5. The monoisotopic (exact) mass is 365 g/mol. The topological polar surface area (TPSA) is 71.5 Å². The molecule has 0 aliphatic rings. The highest BCUT2D eigenvalue weighted by atomic mass is 32.1. The van der Waals surface area contributed by atoms with Crippen LogP contribution in [0, 0.1) is 12.7 Å². The minimum absolute atomic E-state index is 0.0576. The average molecular weight is 365 g/mol. The van der Waals surface area contributed by atoms with Crippen LogP contribution < -0.4 is 5.32 Å². The molecule has 2 rings (SSSR count). The molecule has 2 aromatic rings. The summed E-state index contributed by atoms with van der Waals surface area (Å²) in [5, 5.41) is 4.94. The Balaban J connectivity index is 2.07. The van der Waals surface area contributed by atoms with E-state index in [2.05, 4.69) is 10.3 Å². The van der Waals surface area contributed by atoms with Crippen LogP contribution in [-0.2, 0) is 9.53 Å². The zero-order valence-corrected chi connectivity index (χ0v) is 14.9. The molecule has 0 saturated carbocycles. The van der Waals surface area contributed by atoms with Crippen LogP contribution in [0.15, 0.2) is 29.6 Å². The van der Waals surface area contributed by atoms with Crippen LogP contribution in [0.2, 0.25) is 0 Å². The minimum Gasteiger partial charge on any atom is -0.385 e. The summed E-state index contributed by atoms with van der Waals surface area (Å²) in [5.74, 6) is -1.52. The first kappa shape index (κ1) is 19.0. The smallest absolute Gasteiger partial charge is 0.257 e. The quantitative estimate of drug-likeness (QED) is 0.730. The fourth-order valence-corrected chi connectivity index (χ4v) is 2.91. The normalized spacial score (nSPS) is 10.5. The van der Waals surface area contributed by atoms with E-state index in [1.807, 2.05) is 12.3 Å². The van der Waals surface area contributed by atoms with Crippen molar-refractivity contribution in [3.63, 3.8) is 0 Å². The third-order valence-electron chi connectivity index (χ3n) is 3.37. The predicted octanol–water partition coefficient (Wildman–Crippen LogP) is 2.71. The van der Waals surface area contributed by atoms with Crippen molar-refractivity contribution in [1.29, 1.82) is 0 Å². The number of thiazole rings is 1. The summed E-state index contributed by atoms with van der Waals surface area (Å²) in [7, 11) is 1.56. The lowest BCUT2D eigenvalue weighted by Gasteiger charge is -2.22. The van der Waals surface area contributed by atoms with Crippen LogP contribution in [0.4, 0.5) is 9.52 Å². The van der Waals surface area contributed by atoms with E-state index < -0.39 is 11.7 Å². The minimum atomic E-state index is -0.611. The largest absolute Gasteiger partial charge is 0.385 e. The van der Waals surface area contributed by atoms with Gasteiger partial charge in [0.25, 0.3) is 5.91 Å². The number of nitrogens with zero attached hydrogens (tertiary/aromatic N) is 2. The number of carbonyl (C=O) groups excluding carboxylic acids is 2. The van der Waals surface area contributed by atoms with Crippen molar-refractivity contribution >= 4 is 28.3 Å². The molecule has 0 aliphatic heterocycles. The Bertz CT molecular complexity index is 735. The number of amides is 2. The lowest BCUT2D eigenvalue weighted by Crippen LogP contribution is -2.39. The summed E-state index contributed by atoms with van der Waals surface area (Å²) in [6, 6.07) is 5.73. The van der Waals surface area contributed by atoms with Gasteiger partial charge in [-0.05, 0) is 25.5 Å². The highest BCUT2D eigenvalue weighted by Gasteiger charge is 2.21. The number of nitrogens with one attached hydrogen (secondary N) is 1. The molecule has 0 fully saturated rings. The molecular formula is C17H20FN3O3S. The first-order valence-corrected chi connectivity index (χ1v) is 8.64. The van der Waals surface area contributed by atoms with Gasteiger partial charge in [-0.1, -0.05) is 12.1 Å². The summed E-state index contributed by atoms with van der Waals surface area (Å²) < 4.78 is 18.9. The van der Waals surface area contributed by atoms with Gasteiger partial charge >= 0.3 is 0 Å². The average Bonchev–Trinajstić information content (AvgIpc) is 2.98. The number of anilines is 1. The molecule has 1 aromatic carbocycles. The Labute approximate surface area is 149 Å². The molecule has 8 heteroatoms. The molecule has 0 unspecified atom stereocenters. The van der Waals surface area contributed by atoms with Crippen LogP contribution >= 0.6 is 11.3 Å². The maximum absolute atomic E-state index is 13.9. The summed E-state index contributed by atoms with van der Waals surface area (Å²) in [4.78, 5) is 30.3. The van der Waals surface area contributed by atoms with Crippen molar-refractivity contribution in [1.82, 2.24) is 9.88 Å². The van der Waals surface area contributed by atoms with E-state index >= 15 is 0 Å². The Hall–Kier alpha value is -2.32. The number of aromatic nitrogens is 1. The number of carbonyl (C=O) groups is 2. The second kappa shape index (κ2) is 9.24. The van der Waals surface area contributed by atoms with Crippen molar-refractivity contribution in [2.75, 3.05) is 32.1 Å². The number of rotatable bonds is 8. The van der Waals surface area contributed by atoms with Gasteiger partial charge < -0.3 is 15.0 Å². The van der Waals surface area contributed by atoms with Crippen molar-refractivity contribution in [2.24, 2.45) is 0 Å². The van der Waals surface area contributed by atoms with Crippen molar-refractivity contribution in [3.8, 4) is 0 Å². The molecule has 1 N–H and O–H groups in total. The van der Waals surface area contributed by atoms with Gasteiger partial charge in [-0.25, -0.2) is 9.37 Å². The molecule has 0 spiro atoms. The highest BCUT2D eigenvalue weighted by molar-refractivity contribution is 7.13. The lowest BCUT2D eigenvalue weighted by molar-refractivity contribution is -0.116. The fourth-order valence-electron chi connectivity index (χ4n) is 2.20. The number of methoxy groups -OCH3 is 1. The lowest BCUT2D eigenvalue weighted by atomic mass is 10.1. The standard InChI is InChI=1S/C17H20FN3O3S/c1-12-11-25-17(19-12)20-15(22)10-21(8-5-9-24-2)16(23)13-6-3-4-7-14(13)18/h3-4,6-7,11H,5,8-10H2,1-2H3,(H,19,20,22). The maximum Gasteiger partial charge on any atom is 0.257 e. The molecule has 0 radical (unpaired) electrons. The summed E-state index contributed by atoms with van der Waals surface area (Å²) in [6.07, 6.45) is 0.542. The molecule has 0 bridgehead atoms. The Morgan fingerprint density at radius 3 is 2.76 bits per heavy atom. The molecule has 0 saturated heterocycles. The van der Waals surface area contributed by atoms with Gasteiger partial charge in [-0.15, -0.1) is 11.3 Å². The van der Waals surface area contributed by atoms with Gasteiger partial charge in [0.2, 0.25) is 5.91 Å². The Morgan fingerprint density at radius 2 is 2.12 bits per heavy atom. The van der Waals surface area contributed by atoms with Crippen molar-refractivity contribution < 1.29 is 18.7 Å². The van der Waals surface area contributed by atoms with E-state index in [0.717, 1.165) is 5.69 Å². The van der Waals surface area contributed by atoms with Crippen LogP contribution in [0.5, 0.6) is 0 Å².